The Morgan fingerprint density at radius 2 is 1.78 bits per heavy atom. The number of hydrogen-bond donors (Lipinski definition) is 0. The van der Waals surface area contributed by atoms with Crippen molar-refractivity contribution in [2.75, 3.05) is 0 Å². The Balaban J connectivity index is 1.74. The smallest absolute Gasteiger partial charge is 0.320 e. The van der Waals surface area contributed by atoms with Gasteiger partial charge in [0.1, 0.15) is 0 Å². The number of benzene rings is 1. The van der Waals surface area contributed by atoms with Crippen molar-refractivity contribution in [2.24, 2.45) is 0 Å². The van der Waals surface area contributed by atoms with Gasteiger partial charge in [-0.25, -0.2) is 13.4 Å². The molecule has 27 heavy (non-hydrogen) atoms. The van der Waals surface area contributed by atoms with Crippen molar-refractivity contribution in [1.82, 2.24) is 9.55 Å². The van der Waals surface area contributed by atoms with Gasteiger partial charge in [0.15, 0.2) is 5.16 Å². The van der Waals surface area contributed by atoms with E-state index in [1.807, 2.05) is 6.92 Å². The van der Waals surface area contributed by atoms with Crippen LogP contribution < -0.4 is 0 Å². The first-order valence-electron chi connectivity index (χ1n) is 9.10. The second-order valence-corrected chi connectivity index (χ2v) is 9.83. The third-order valence-electron chi connectivity index (χ3n) is 5.15. The first-order chi connectivity index (χ1) is 12.8. The van der Waals surface area contributed by atoms with Gasteiger partial charge in [-0.3, -0.25) is 0 Å². The predicted molar refractivity (Wildman–Crippen MR) is 103 cm³/mol. The van der Waals surface area contributed by atoms with Crippen LogP contribution in [0.3, 0.4) is 0 Å². The number of aromatic nitrogens is 2. The van der Waals surface area contributed by atoms with E-state index >= 15 is 0 Å². The monoisotopic (exact) mass is 414 g/mol. The summed E-state index contributed by atoms with van der Waals surface area (Å²) in [5.74, 6) is -2.79. The molecule has 0 bridgehead atoms. The molecule has 1 aromatic heterocycles. The standard InChI is InChI=1S/C19H24F2N2O2S2/c1-13-14(2)23(16-6-4-3-5-7-16)19(22-13)26-12-15-8-10-17(11-9-15)27(24,25)18(20)21/h8-11,16,18H,3-7,12H2,1-2H3. The van der Waals surface area contributed by atoms with Gasteiger partial charge in [0, 0.05) is 17.5 Å². The normalized spacial score (nSPS) is 16.2. The number of thioether (sulfide) groups is 1. The fourth-order valence-electron chi connectivity index (χ4n) is 3.49. The summed E-state index contributed by atoms with van der Waals surface area (Å²) in [6, 6.07) is 6.18. The Morgan fingerprint density at radius 3 is 2.37 bits per heavy atom. The number of aryl methyl sites for hydroxylation is 1. The Morgan fingerprint density at radius 1 is 1.15 bits per heavy atom. The lowest BCUT2D eigenvalue weighted by atomic mass is 9.95. The van der Waals surface area contributed by atoms with E-state index in [4.69, 9.17) is 4.98 Å². The number of nitrogens with zero attached hydrogens (tertiary/aromatic N) is 2. The summed E-state index contributed by atoms with van der Waals surface area (Å²) in [5, 5.41) is 0.973. The molecular formula is C19H24F2N2O2S2. The first kappa shape index (κ1) is 20.3. The van der Waals surface area contributed by atoms with Crippen LogP contribution in [0.25, 0.3) is 0 Å². The summed E-state index contributed by atoms with van der Waals surface area (Å²) < 4.78 is 50.6. The maximum atomic E-state index is 12.6. The lowest BCUT2D eigenvalue weighted by Gasteiger charge is -2.26. The number of alkyl halides is 2. The molecule has 0 aliphatic heterocycles. The Kier molecular flexibility index (Phi) is 6.25. The van der Waals surface area contributed by atoms with Crippen LogP contribution in [-0.2, 0) is 15.6 Å². The van der Waals surface area contributed by atoms with E-state index in [0.29, 0.717) is 11.8 Å². The minimum absolute atomic E-state index is 0.346. The van der Waals surface area contributed by atoms with Crippen LogP contribution in [0.4, 0.5) is 8.78 Å². The van der Waals surface area contributed by atoms with Crippen molar-refractivity contribution in [3.05, 3.63) is 41.2 Å². The van der Waals surface area contributed by atoms with Crippen molar-refractivity contribution in [2.45, 2.75) is 73.6 Å². The molecule has 1 aliphatic rings. The Labute approximate surface area is 163 Å². The van der Waals surface area contributed by atoms with Crippen LogP contribution in [0.1, 0.15) is 55.1 Å². The number of imidazole rings is 1. The second-order valence-electron chi connectivity index (χ2n) is 6.97. The molecule has 148 valence electrons. The third kappa shape index (κ3) is 4.37. The van der Waals surface area contributed by atoms with E-state index in [1.165, 1.54) is 49.9 Å². The number of halogens is 2. The topological polar surface area (TPSA) is 52.0 Å². The lowest BCUT2D eigenvalue weighted by molar-refractivity contribution is 0.234. The van der Waals surface area contributed by atoms with Crippen molar-refractivity contribution in [3.8, 4) is 0 Å². The van der Waals surface area contributed by atoms with Gasteiger partial charge in [-0.2, -0.15) is 8.78 Å². The molecule has 3 rings (SSSR count). The highest BCUT2D eigenvalue weighted by atomic mass is 32.2. The van der Waals surface area contributed by atoms with Gasteiger partial charge in [0.2, 0.25) is 9.84 Å². The van der Waals surface area contributed by atoms with Gasteiger partial charge in [-0.05, 0) is 44.4 Å². The molecule has 0 unspecified atom stereocenters. The fraction of sp³-hybridized carbons (Fsp3) is 0.526. The molecule has 0 saturated heterocycles. The highest BCUT2D eigenvalue weighted by Crippen LogP contribution is 2.35. The average molecular weight is 415 g/mol. The Bertz CT molecular complexity index is 887. The predicted octanol–water partition coefficient (Wildman–Crippen LogP) is 5.29. The summed E-state index contributed by atoms with van der Waals surface area (Å²) in [6.45, 7) is 4.12. The minimum atomic E-state index is -4.54. The highest BCUT2D eigenvalue weighted by molar-refractivity contribution is 7.98. The highest BCUT2D eigenvalue weighted by Gasteiger charge is 2.26. The average Bonchev–Trinajstić information content (AvgIpc) is 2.95. The molecule has 0 amide bonds. The van der Waals surface area contributed by atoms with Crippen molar-refractivity contribution in [1.29, 1.82) is 0 Å². The first-order valence-corrected chi connectivity index (χ1v) is 11.6. The molecule has 1 saturated carbocycles. The van der Waals surface area contributed by atoms with Gasteiger partial charge in [0.05, 0.1) is 10.6 Å². The molecule has 1 aromatic carbocycles. The molecule has 0 radical (unpaired) electrons. The number of hydrogen-bond acceptors (Lipinski definition) is 4. The largest absolute Gasteiger partial charge is 0.341 e. The van der Waals surface area contributed by atoms with E-state index in [9.17, 15) is 17.2 Å². The molecule has 4 nitrogen and oxygen atoms in total. The van der Waals surface area contributed by atoms with E-state index in [0.717, 1.165) is 16.4 Å². The molecular weight excluding hydrogens is 390 g/mol. The summed E-state index contributed by atoms with van der Waals surface area (Å²) in [4.78, 5) is 4.37. The molecule has 1 fully saturated rings. The second kappa shape index (κ2) is 8.31. The molecule has 0 atom stereocenters. The zero-order chi connectivity index (χ0) is 19.6. The van der Waals surface area contributed by atoms with Crippen LogP contribution in [0, 0.1) is 13.8 Å². The van der Waals surface area contributed by atoms with Crippen molar-refractivity contribution >= 4 is 21.6 Å². The molecule has 8 heteroatoms. The van der Waals surface area contributed by atoms with Crippen molar-refractivity contribution in [3.63, 3.8) is 0 Å². The van der Waals surface area contributed by atoms with Crippen LogP contribution in [0.2, 0.25) is 0 Å². The molecule has 1 heterocycles. The lowest BCUT2D eigenvalue weighted by Crippen LogP contribution is -2.15. The fourth-order valence-corrected chi connectivity index (χ4v) is 5.33. The third-order valence-corrected chi connectivity index (χ3v) is 7.57. The zero-order valence-electron chi connectivity index (χ0n) is 15.5. The maximum Gasteiger partial charge on any atom is 0.341 e. The van der Waals surface area contributed by atoms with Gasteiger partial charge in [-0.1, -0.05) is 43.2 Å². The Hall–Kier alpha value is -1.41. The van der Waals surface area contributed by atoms with E-state index in [1.54, 1.807) is 23.9 Å². The van der Waals surface area contributed by atoms with Gasteiger partial charge < -0.3 is 4.57 Å². The van der Waals surface area contributed by atoms with Gasteiger partial charge in [0.25, 0.3) is 0 Å². The van der Waals surface area contributed by atoms with Crippen LogP contribution in [0.15, 0.2) is 34.3 Å². The van der Waals surface area contributed by atoms with Crippen molar-refractivity contribution < 1.29 is 17.2 Å². The minimum Gasteiger partial charge on any atom is -0.320 e. The molecule has 0 N–H and O–H groups in total. The number of sulfone groups is 1. The SMILES string of the molecule is Cc1nc(SCc2ccc(S(=O)(=O)C(F)F)cc2)n(C2CCCCC2)c1C. The molecule has 0 spiro atoms. The van der Waals surface area contributed by atoms with E-state index in [2.05, 4.69) is 11.5 Å². The van der Waals surface area contributed by atoms with E-state index in [-0.39, 0.29) is 4.90 Å². The van der Waals surface area contributed by atoms with Gasteiger partial charge in [-0.15, -0.1) is 0 Å². The summed E-state index contributed by atoms with van der Waals surface area (Å²) in [6.07, 6.45) is 6.12. The number of rotatable bonds is 6. The summed E-state index contributed by atoms with van der Waals surface area (Å²) >= 11 is 1.60. The maximum absolute atomic E-state index is 12.6. The summed E-state index contributed by atoms with van der Waals surface area (Å²) in [5.41, 5.74) is 3.10. The van der Waals surface area contributed by atoms with Crippen LogP contribution in [0.5, 0.6) is 0 Å². The van der Waals surface area contributed by atoms with Gasteiger partial charge >= 0.3 is 5.76 Å². The molecule has 1 aliphatic carbocycles. The quantitative estimate of drug-likeness (QED) is 0.603. The summed E-state index contributed by atoms with van der Waals surface area (Å²) in [7, 11) is -4.54. The van der Waals surface area contributed by atoms with Crippen LogP contribution >= 0.6 is 11.8 Å². The molecule has 2 aromatic rings. The zero-order valence-corrected chi connectivity index (χ0v) is 17.1. The van der Waals surface area contributed by atoms with Crippen LogP contribution in [-0.4, -0.2) is 23.7 Å². The van der Waals surface area contributed by atoms with E-state index < -0.39 is 15.6 Å².